The van der Waals surface area contributed by atoms with Crippen molar-refractivity contribution in [2.75, 3.05) is 37.5 Å². The standard InChI is InChI=1S/C34H34N6O8S/c1-22(2)24-15-16-29(36-21-24)49(42,43)40-32-30(48-27-13-6-5-12-26(27)45-4)33(39-31(38-32)23-10-9-11-25(20-23)44-3)46-18-19-47-34(41)37-28-14-7-8-17-35-28/h5-17,20-22H,18-19H2,1-4H3,(H,35,37,41)(H,38,39,40). The fourth-order valence-corrected chi connectivity index (χ4v) is 5.25. The summed E-state index contributed by atoms with van der Waals surface area (Å²) in [6.45, 7) is 3.55. The number of hydrogen-bond donors (Lipinski definition) is 2. The second-order valence-corrected chi connectivity index (χ2v) is 12.2. The highest BCUT2D eigenvalue weighted by Gasteiger charge is 2.26. The highest BCUT2D eigenvalue weighted by molar-refractivity contribution is 7.92. The normalized spacial score (nSPS) is 11.0. The number of rotatable bonds is 14. The Morgan fingerprint density at radius 3 is 2.35 bits per heavy atom. The molecule has 0 atom stereocenters. The van der Waals surface area contributed by atoms with Gasteiger partial charge in [-0.25, -0.2) is 19.7 Å². The maximum Gasteiger partial charge on any atom is 0.412 e. The first-order valence-corrected chi connectivity index (χ1v) is 16.5. The molecule has 0 saturated heterocycles. The number of carbonyl (C=O) groups is 1. The number of carbonyl (C=O) groups excluding carboxylic acids is 1. The van der Waals surface area contributed by atoms with Crippen LogP contribution in [0, 0.1) is 0 Å². The number of hydrogen-bond acceptors (Lipinski definition) is 12. The molecule has 0 aliphatic heterocycles. The summed E-state index contributed by atoms with van der Waals surface area (Å²) in [5, 5.41) is 2.27. The summed E-state index contributed by atoms with van der Waals surface area (Å²) in [5.41, 5.74) is 1.35. The molecular weight excluding hydrogens is 652 g/mol. The molecule has 5 rings (SSSR count). The minimum atomic E-state index is -4.31. The van der Waals surface area contributed by atoms with Gasteiger partial charge >= 0.3 is 6.09 Å². The van der Waals surface area contributed by atoms with E-state index in [0.29, 0.717) is 22.9 Å². The first-order chi connectivity index (χ1) is 23.7. The number of amides is 1. The van der Waals surface area contributed by atoms with Crippen molar-refractivity contribution in [2.45, 2.75) is 24.8 Å². The van der Waals surface area contributed by atoms with Crippen LogP contribution in [0.15, 0.2) is 96.3 Å². The Kier molecular flexibility index (Phi) is 11.1. The minimum absolute atomic E-state index is 0.0795. The molecule has 5 aromatic rings. The molecule has 15 heteroatoms. The molecular formula is C34H34N6O8S. The lowest BCUT2D eigenvalue weighted by Gasteiger charge is -2.18. The second-order valence-electron chi connectivity index (χ2n) is 10.5. The zero-order valence-corrected chi connectivity index (χ0v) is 27.9. The number of methoxy groups -OCH3 is 2. The number of nitrogens with one attached hydrogen (secondary N) is 2. The third kappa shape index (κ3) is 8.90. The molecule has 0 radical (unpaired) electrons. The topological polar surface area (TPSA) is 173 Å². The van der Waals surface area contributed by atoms with Crippen LogP contribution in [0.2, 0.25) is 0 Å². The maximum atomic E-state index is 13.7. The Morgan fingerprint density at radius 1 is 0.857 bits per heavy atom. The van der Waals surface area contributed by atoms with Crippen LogP contribution in [0.4, 0.5) is 16.4 Å². The van der Waals surface area contributed by atoms with Gasteiger partial charge in [-0.1, -0.05) is 50.2 Å². The monoisotopic (exact) mass is 686 g/mol. The van der Waals surface area contributed by atoms with Gasteiger partial charge in [0.1, 0.15) is 24.8 Å². The summed E-state index contributed by atoms with van der Waals surface area (Å²) in [4.78, 5) is 29.7. The molecule has 0 aliphatic rings. The zero-order valence-electron chi connectivity index (χ0n) is 27.1. The molecule has 2 N–H and O–H groups in total. The molecule has 3 heterocycles. The maximum absolute atomic E-state index is 13.7. The molecule has 14 nitrogen and oxygen atoms in total. The van der Waals surface area contributed by atoms with E-state index in [2.05, 4.69) is 30.0 Å². The Bertz CT molecular complexity index is 1990. The number of para-hydroxylation sites is 2. The van der Waals surface area contributed by atoms with E-state index < -0.39 is 16.1 Å². The Balaban J connectivity index is 1.53. The highest BCUT2D eigenvalue weighted by Crippen LogP contribution is 2.42. The van der Waals surface area contributed by atoms with Crippen molar-refractivity contribution in [3.8, 4) is 40.3 Å². The van der Waals surface area contributed by atoms with Crippen LogP contribution in [-0.2, 0) is 14.8 Å². The number of nitrogens with zero attached hydrogens (tertiary/aromatic N) is 4. The molecule has 0 saturated carbocycles. The molecule has 0 fully saturated rings. The molecule has 0 bridgehead atoms. The first kappa shape index (κ1) is 34.4. The van der Waals surface area contributed by atoms with Crippen LogP contribution in [0.25, 0.3) is 11.4 Å². The van der Waals surface area contributed by atoms with E-state index >= 15 is 0 Å². The summed E-state index contributed by atoms with van der Waals surface area (Å²) in [5.74, 6) is 1.03. The Labute approximate surface area is 283 Å². The summed E-state index contributed by atoms with van der Waals surface area (Å²) < 4.78 is 58.2. The number of pyridine rings is 2. The van der Waals surface area contributed by atoms with Crippen molar-refractivity contribution in [3.05, 3.63) is 96.8 Å². The number of benzene rings is 2. The zero-order chi connectivity index (χ0) is 34.8. The fraction of sp³-hybridized carbons (Fsp3) is 0.206. The van der Waals surface area contributed by atoms with Gasteiger partial charge in [0.2, 0.25) is 5.75 Å². The quantitative estimate of drug-likeness (QED) is 0.125. The lowest BCUT2D eigenvalue weighted by Crippen LogP contribution is -2.19. The average Bonchev–Trinajstić information content (AvgIpc) is 3.11. The van der Waals surface area contributed by atoms with Gasteiger partial charge in [-0.2, -0.15) is 13.4 Å². The molecule has 49 heavy (non-hydrogen) atoms. The lowest BCUT2D eigenvalue weighted by molar-refractivity contribution is 0.135. The Hall–Kier alpha value is -5.96. The van der Waals surface area contributed by atoms with Gasteiger partial charge in [0, 0.05) is 18.0 Å². The fourth-order valence-electron chi connectivity index (χ4n) is 4.32. The van der Waals surface area contributed by atoms with Gasteiger partial charge in [-0.3, -0.25) is 10.0 Å². The van der Waals surface area contributed by atoms with Gasteiger partial charge < -0.3 is 23.7 Å². The molecule has 1 amide bonds. The van der Waals surface area contributed by atoms with Crippen molar-refractivity contribution in [1.29, 1.82) is 0 Å². The number of aromatic nitrogens is 4. The number of sulfonamides is 1. The minimum Gasteiger partial charge on any atom is -0.497 e. The van der Waals surface area contributed by atoms with Crippen LogP contribution in [-0.4, -0.2) is 61.9 Å². The van der Waals surface area contributed by atoms with Crippen LogP contribution in [0.1, 0.15) is 25.3 Å². The second kappa shape index (κ2) is 15.8. The SMILES string of the molecule is COc1cccc(-c2nc(NS(=O)(=O)c3ccc(C(C)C)cn3)c(Oc3ccccc3OC)c(OCCOC(=O)Nc3ccccn3)n2)c1. The third-order valence-corrected chi connectivity index (χ3v) is 8.08. The van der Waals surface area contributed by atoms with Crippen LogP contribution in [0.5, 0.6) is 28.9 Å². The van der Waals surface area contributed by atoms with Crippen molar-refractivity contribution in [1.82, 2.24) is 19.9 Å². The Morgan fingerprint density at radius 2 is 1.65 bits per heavy atom. The highest BCUT2D eigenvalue weighted by atomic mass is 32.2. The van der Waals surface area contributed by atoms with E-state index in [1.807, 2.05) is 13.8 Å². The molecule has 2 aromatic carbocycles. The summed E-state index contributed by atoms with van der Waals surface area (Å²) in [6, 6.07) is 21.7. The lowest BCUT2D eigenvalue weighted by atomic mass is 10.1. The van der Waals surface area contributed by atoms with Gasteiger partial charge in [-0.15, -0.1) is 0 Å². The van der Waals surface area contributed by atoms with E-state index in [9.17, 15) is 13.2 Å². The first-order valence-electron chi connectivity index (χ1n) is 15.0. The summed E-state index contributed by atoms with van der Waals surface area (Å²) in [7, 11) is -1.33. The smallest absolute Gasteiger partial charge is 0.412 e. The van der Waals surface area contributed by atoms with E-state index in [1.165, 1.54) is 32.7 Å². The molecule has 0 aliphatic carbocycles. The van der Waals surface area contributed by atoms with E-state index in [4.69, 9.17) is 23.7 Å². The molecule has 0 spiro atoms. The third-order valence-electron chi connectivity index (χ3n) is 6.83. The van der Waals surface area contributed by atoms with Crippen molar-refractivity contribution in [2.24, 2.45) is 0 Å². The van der Waals surface area contributed by atoms with E-state index in [1.54, 1.807) is 72.8 Å². The largest absolute Gasteiger partial charge is 0.497 e. The van der Waals surface area contributed by atoms with Crippen LogP contribution in [0.3, 0.4) is 0 Å². The molecule has 254 valence electrons. The average molecular weight is 687 g/mol. The van der Waals surface area contributed by atoms with Gasteiger partial charge in [0.15, 0.2) is 28.2 Å². The van der Waals surface area contributed by atoms with Crippen molar-refractivity contribution in [3.63, 3.8) is 0 Å². The predicted octanol–water partition coefficient (Wildman–Crippen LogP) is 6.29. The predicted molar refractivity (Wildman–Crippen MR) is 181 cm³/mol. The summed E-state index contributed by atoms with van der Waals surface area (Å²) in [6.07, 6.45) is 2.28. The van der Waals surface area contributed by atoms with E-state index in [0.717, 1.165) is 5.56 Å². The molecule has 0 unspecified atom stereocenters. The van der Waals surface area contributed by atoms with E-state index in [-0.39, 0.29) is 53.2 Å². The number of anilines is 2. The van der Waals surface area contributed by atoms with Gasteiger partial charge in [0.25, 0.3) is 15.9 Å². The van der Waals surface area contributed by atoms with Crippen LogP contribution >= 0.6 is 0 Å². The number of ether oxygens (including phenoxy) is 5. The molecule has 3 aromatic heterocycles. The van der Waals surface area contributed by atoms with Gasteiger partial charge in [0.05, 0.1) is 14.2 Å². The van der Waals surface area contributed by atoms with Crippen molar-refractivity contribution >= 4 is 27.8 Å². The van der Waals surface area contributed by atoms with Gasteiger partial charge in [-0.05, 0) is 53.9 Å². The summed E-state index contributed by atoms with van der Waals surface area (Å²) >= 11 is 0. The van der Waals surface area contributed by atoms with Crippen LogP contribution < -0.4 is 29.0 Å². The van der Waals surface area contributed by atoms with Crippen molar-refractivity contribution < 1.29 is 36.9 Å².